The van der Waals surface area contributed by atoms with Gasteiger partial charge in [0.25, 0.3) is 5.88 Å². The molecule has 3 aromatic rings. The molecule has 0 fully saturated rings. The molecular formula is C25H23F2N5O5S. The van der Waals surface area contributed by atoms with Crippen molar-refractivity contribution >= 4 is 29.8 Å². The zero-order valence-electron chi connectivity index (χ0n) is 20.0. The van der Waals surface area contributed by atoms with E-state index in [2.05, 4.69) is 9.98 Å². The fourth-order valence-corrected chi connectivity index (χ4v) is 4.44. The number of aliphatic carboxylic acids is 1. The van der Waals surface area contributed by atoms with Crippen molar-refractivity contribution in [1.82, 2.24) is 9.88 Å². The van der Waals surface area contributed by atoms with E-state index in [1.807, 2.05) is 11.9 Å². The van der Waals surface area contributed by atoms with Crippen molar-refractivity contribution in [3.63, 3.8) is 0 Å². The number of nitrogens with zero attached hydrogens (tertiary/aromatic N) is 3. The minimum absolute atomic E-state index is 0.0270. The first-order chi connectivity index (χ1) is 18.1. The van der Waals surface area contributed by atoms with Crippen molar-refractivity contribution in [3.05, 3.63) is 65.4 Å². The zero-order chi connectivity index (χ0) is 27.4. The number of aliphatic imine (C=N–C) groups is 1. The van der Waals surface area contributed by atoms with Gasteiger partial charge in [-0.05, 0) is 43.4 Å². The van der Waals surface area contributed by atoms with Gasteiger partial charge in [-0.1, -0.05) is 0 Å². The number of amidine groups is 1. The number of nitrogens with two attached hydrogens (primary N) is 1. The summed E-state index contributed by atoms with van der Waals surface area (Å²) >= 11 is 1.32. The van der Waals surface area contributed by atoms with Crippen LogP contribution >= 0.6 is 11.8 Å². The fourth-order valence-electron chi connectivity index (χ4n) is 3.55. The molecular weight excluding hydrogens is 520 g/mol. The largest absolute Gasteiger partial charge is 0.504 e. The van der Waals surface area contributed by atoms with Crippen LogP contribution in [-0.2, 0) is 4.79 Å². The summed E-state index contributed by atoms with van der Waals surface area (Å²) in [7, 11) is 1.83. The van der Waals surface area contributed by atoms with Gasteiger partial charge in [-0.2, -0.15) is 4.39 Å². The van der Waals surface area contributed by atoms with Gasteiger partial charge < -0.3 is 25.4 Å². The number of phenols is 1. The van der Waals surface area contributed by atoms with Crippen LogP contribution in [0.4, 0.5) is 8.78 Å². The van der Waals surface area contributed by atoms with Crippen molar-refractivity contribution in [3.8, 4) is 28.9 Å². The lowest BCUT2D eigenvalue weighted by Gasteiger charge is -2.22. The SMILES string of the molecule is CN1CC=NC1c1cc(SCCC(=O)O)ccc1Oc1c(F)cnc(Oc2cc(C(=N)N)ccc2O)c1F. The van der Waals surface area contributed by atoms with Crippen molar-refractivity contribution in [2.75, 3.05) is 19.3 Å². The summed E-state index contributed by atoms with van der Waals surface area (Å²) in [5.41, 5.74) is 6.19. The minimum Gasteiger partial charge on any atom is -0.504 e. The summed E-state index contributed by atoms with van der Waals surface area (Å²) in [6, 6.07) is 8.74. The number of phenolic OH excluding ortho intramolecular Hbond substituents is 1. The van der Waals surface area contributed by atoms with Gasteiger partial charge in [-0.25, -0.2) is 9.37 Å². The molecule has 0 aliphatic carbocycles. The number of hydrogen-bond acceptors (Lipinski definition) is 9. The predicted molar refractivity (Wildman–Crippen MR) is 137 cm³/mol. The molecule has 10 nitrogen and oxygen atoms in total. The summed E-state index contributed by atoms with van der Waals surface area (Å²) in [5, 5.41) is 26.5. The number of aromatic hydroxyl groups is 1. The molecule has 2 heterocycles. The molecule has 1 aliphatic rings. The molecule has 38 heavy (non-hydrogen) atoms. The number of hydrogen-bond donors (Lipinski definition) is 4. The molecule has 0 saturated heterocycles. The van der Waals surface area contributed by atoms with Gasteiger partial charge in [0.05, 0.1) is 12.6 Å². The van der Waals surface area contributed by atoms with Crippen molar-refractivity contribution in [2.24, 2.45) is 10.7 Å². The van der Waals surface area contributed by atoms with Crippen molar-refractivity contribution in [1.29, 1.82) is 5.41 Å². The molecule has 1 unspecified atom stereocenters. The van der Waals surface area contributed by atoms with Crippen molar-refractivity contribution < 1.29 is 33.3 Å². The number of nitrogen functional groups attached to an aromatic ring is 1. The molecule has 0 spiro atoms. The highest BCUT2D eigenvalue weighted by Crippen LogP contribution is 2.41. The second-order valence-electron chi connectivity index (χ2n) is 8.19. The van der Waals surface area contributed by atoms with Crippen molar-refractivity contribution in [2.45, 2.75) is 17.5 Å². The molecule has 2 aromatic carbocycles. The predicted octanol–water partition coefficient (Wildman–Crippen LogP) is 4.52. The lowest BCUT2D eigenvalue weighted by Crippen LogP contribution is -2.19. The Hall–Kier alpha value is -4.23. The summed E-state index contributed by atoms with van der Waals surface area (Å²) in [6.45, 7) is 0.555. The van der Waals surface area contributed by atoms with Gasteiger partial charge in [0.15, 0.2) is 17.3 Å². The Morgan fingerprint density at radius 2 is 2.03 bits per heavy atom. The van der Waals surface area contributed by atoms with Crippen LogP contribution < -0.4 is 15.2 Å². The van der Waals surface area contributed by atoms with E-state index < -0.39 is 35.4 Å². The Morgan fingerprint density at radius 1 is 1.24 bits per heavy atom. The number of aromatic nitrogens is 1. The number of halogens is 2. The van der Waals surface area contributed by atoms with Crippen LogP contribution in [0.3, 0.4) is 0 Å². The number of benzene rings is 2. The third-order valence-corrected chi connectivity index (χ3v) is 6.46. The van der Waals surface area contributed by atoms with Gasteiger partial charge >= 0.3 is 5.97 Å². The van der Waals surface area contributed by atoms with E-state index in [0.29, 0.717) is 17.9 Å². The Morgan fingerprint density at radius 3 is 2.71 bits per heavy atom. The van der Waals surface area contributed by atoms with Crippen LogP contribution in [0, 0.1) is 17.0 Å². The monoisotopic (exact) mass is 543 g/mol. The van der Waals surface area contributed by atoms with E-state index in [0.717, 1.165) is 11.1 Å². The number of nitrogens with one attached hydrogen (secondary N) is 1. The maximum atomic E-state index is 15.4. The normalized spacial score (nSPS) is 15.0. The molecule has 0 amide bonds. The zero-order valence-corrected chi connectivity index (χ0v) is 20.8. The highest BCUT2D eigenvalue weighted by atomic mass is 32.2. The first-order valence-corrected chi connectivity index (χ1v) is 12.2. The van der Waals surface area contributed by atoms with Crippen LogP contribution in [0.15, 0.2) is 52.5 Å². The van der Waals surface area contributed by atoms with E-state index in [4.69, 9.17) is 25.7 Å². The molecule has 1 atom stereocenters. The van der Waals surface area contributed by atoms with Gasteiger partial charge in [0.1, 0.15) is 17.8 Å². The smallest absolute Gasteiger partial charge is 0.304 e. The number of carboxylic acid groups (broad SMARTS) is 1. The van der Waals surface area contributed by atoms with Gasteiger partial charge in [-0.3, -0.25) is 20.1 Å². The highest BCUT2D eigenvalue weighted by Gasteiger charge is 2.26. The molecule has 198 valence electrons. The first kappa shape index (κ1) is 26.8. The number of pyridine rings is 1. The lowest BCUT2D eigenvalue weighted by molar-refractivity contribution is -0.136. The Balaban J connectivity index is 1.67. The fraction of sp³-hybridized carbons (Fsp3) is 0.200. The number of carboxylic acids is 1. The van der Waals surface area contributed by atoms with Gasteiger partial charge in [0.2, 0.25) is 11.6 Å². The van der Waals surface area contributed by atoms with E-state index in [-0.39, 0.29) is 35.1 Å². The third-order valence-electron chi connectivity index (χ3n) is 5.47. The van der Waals surface area contributed by atoms with Crippen LogP contribution in [0.2, 0.25) is 0 Å². The molecule has 0 saturated carbocycles. The second kappa shape index (κ2) is 11.4. The summed E-state index contributed by atoms with van der Waals surface area (Å²) in [6.07, 6.45) is 1.91. The minimum atomic E-state index is -1.26. The van der Waals surface area contributed by atoms with E-state index in [9.17, 15) is 14.3 Å². The summed E-state index contributed by atoms with van der Waals surface area (Å²) in [5.74, 6) is -5.17. The number of ether oxygens (including phenoxy) is 2. The quantitative estimate of drug-likeness (QED) is 0.164. The maximum absolute atomic E-state index is 15.4. The van der Waals surface area contributed by atoms with Gasteiger partial charge in [0, 0.05) is 34.5 Å². The molecule has 13 heteroatoms. The number of thioether (sulfide) groups is 1. The van der Waals surface area contributed by atoms with E-state index in [1.165, 1.54) is 36.0 Å². The Kier molecular flexibility index (Phi) is 8.08. The van der Waals surface area contributed by atoms with Crippen LogP contribution in [0.1, 0.15) is 23.7 Å². The number of carbonyl (C=O) groups is 1. The second-order valence-corrected chi connectivity index (χ2v) is 9.36. The Bertz CT molecular complexity index is 1420. The van der Waals surface area contributed by atoms with Crippen LogP contribution in [-0.4, -0.2) is 57.5 Å². The maximum Gasteiger partial charge on any atom is 0.304 e. The standard InChI is InChI=1S/C25H23F2N5O5S/c1-32-8-7-30-24(32)15-11-14(38-9-6-20(34)35)3-5-18(15)36-22-16(26)12-31-25(21(22)27)37-19-10-13(23(28)29)2-4-17(19)33/h2-5,7,10-12,24,33H,6,8-9H2,1H3,(H3,28,29)(H,34,35). The summed E-state index contributed by atoms with van der Waals surface area (Å²) in [4.78, 5) is 21.6. The van der Waals surface area contributed by atoms with Crippen LogP contribution in [0.5, 0.6) is 28.9 Å². The first-order valence-electron chi connectivity index (χ1n) is 11.2. The average Bonchev–Trinajstić information content (AvgIpc) is 3.30. The Labute approximate surface area is 220 Å². The molecule has 0 radical (unpaired) electrons. The average molecular weight is 544 g/mol. The molecule has 4 rings (SSSR count). The molecule has 1 aliphatic heterocycles. The van der Waals surface area contributed by atoms with E-state index >= 15 is 4.39 Å². The molecule has 5 N–H and O–H groups in total. The molecule has 0 bridgehead atoms. The topological polar surface area (TPSA) is 154 Å². The molecule has 1 aromatic heterocycles. The lowest BCUT2D eigenvalue weighted by atomic mass is 10.1. The number of rotatable bonds is 10. The summed E-state index contributed by atoms with van der Waals surface area (Å²) < 4.78 is 41.2. The highest BCUT2D eigenvalue weighted by molar-refractivity contribution is 7.99. The van der Waals surface area contributed by atoms with Crippen LogP contribution in [0.25, 0.3) is 0 Å². The van der Waals surface area contributed by atoms with E-state index in [1.54, 1.807) is 18.3 Å². The third kappa shape index (κ3) is 6.01. The van der Waals surface area contributed by atoms with Gasteiger partial charge in [-0.15, -0.1) is 11.8 Å².